The van der Waals surface area contributed by atoms with Crippen molar-refractivity contribution in [2.45, 2.75) is 0 Å². The molecular weight excluding hydrogens is 625 g/mol. The summed E-state index contributed by atoms with van der Waals surface area (Å²) < 4.78 is 6.62. The van der Waals surface area contributed by atoms with Crippen molar-refractivity contribution in [3.05, 3.63) is 170 Å². The topological polar surface area (TPSA) is 64.7 Å². The zero-order valence-electron chi connectivity index (χ0n) is 27.4. The van der Waals surface area contributed by atoms with Crippen molar-refractivity contribution in [1.82, 2.24) is 19.9 Å². The minimum Gasteiger partial charge on any atom is -0.455 e. The van der Waals surface area contributed by atoms with E-state index in [9.17, 15) is 0 Å². The van der Waals surface area contributed by atoms with Gasteiger partial charge < -0.3 is 4.42 Å². The van der Waals surface area contributed by atoms with Crippen LogP contribution in [0.2, 0.25) is 0 Å². The maximum atomic E-state index is 6.62. The second kappa shape index (κ2) is 11.9. The first-order valence-electron chi connectivity index (χ1n) is 17.0. The molecule has 10 aromatic rings. The fourth-order valence-corrected chi connectivity index (χ4v) is 7.07. The Balaban J connectivity index is 1.21. The summed E-state index contributed by atoms with van der Waals surface area (Å²) in [5, 5.41) is 5.53. The van der Waals surface area contributed by atoms with Gasteiger partial charge in [-0.05, 0) is 41.3 Å². The third-order valence-electron chi connectivity index (χ3n) is 9.49. The lowest BCUT2D eigenvalue weighted by atomic mass is 9.94. The van der Waals surface area contributed by atoms with E-state index < -0.39 is 0 Å². The minimum atomic E-state index is 0.601. The predicted octanol–water partition coefficient (Wildman–Crippen LogP) is 11.8. The summed E-state index contributed by atoms with van der Waals surface area (Å²) in [6, 6.07) is 58.0. The van der Waals surface area contributed by atoms with Crippen LogP contribution in [0, 0.1) is 0 Å². The highest BCUT2D eigenvalue weighted by molar-refractivity contribution is 6.15. The van der Waals surface area contributed by atoms with E-state index in [0.29, 0.717) is 17.5 Å². The molecule has 0 fully saturated rings. The minimum absolute atomic E-state index is 0.601. The Morgan fingerprint density at radius 3 is 1.61 bits per heavy atom. The van der Waals surface area contributed by atoms with Crippen molar-refractivity contribution >= 4 is 43.6 Å². The van der Waals surface area contributed by atoms with Crippen molar-refractivity contribution in [2.75, 3.05) is 0 Å². The SMILES string of the molecule is c1ccc(-c2nc(-c3ccccc3)nc(-c3cccc(-c4cc(-c5nc6ccccc6c6ccccc56)cc5c4oc4ccccc45)c3)n2)cc1. The summed E-state index contributed by atoms with van der Waals surface area (Å²) in [4.78, 5) is 20.2. The van der Waals surface area contributed by atoms with Gasteiger partial charge in [0.2, 0.25) is 0 Å². The summed E-state index contributed by atoms with van der Waals surface area (Å²) in [5.74, 6) is 1.85. The first-order chi connectivity index (χ1) is 25.3. The highest BCUT2D eigenvalue weighted by atomic mass is 16.3. The number of pyridine rings is 1. The monoisotopic (exact) mass is 652 g/mol. The molecule has 0 bridgehead atoms. The lowest BCUT2D eigenvalue weighted by molar-refractivity contribution is 0.670. The van der Waals surface area contributed by atoms with Gasteiger partial charge >= 0.3 is 0 Å². The van der Waals surface area contributed by atoms with Crippen LogP contribution in [-0.4, -0.2) is 19.9 Å². The van der Waals surface area contributed by atoms with Gasteiger partial charge in [-0.3, -0.25) is 0 Å². The molecule has 10 rings (SSSR count). The Bertz CT molecular complexity index is 2860. The smallest absolute Gasteiger partial charge is 0.164 e. The number of hydrogen-bond donors (Lipinski definition) is 0. The number of para-hydroxylation sites is 2. The number of fused-ring (bicyclic) bond motifs is 6. The molecule has 0 unspecified atom stereocenters. The fraction of sp³-hybridized carbons (Fsp3) is 0. The molecular formula is C46H28N4O. The zero-order chi connectivity index (χ0) is 33.7. The average molecular weight is 653 g/mol. The largest absolute Gasteiger partial charge is 0.455 e. The molecule has 0 saturated carbocycles. The molecule has 0 N–H and O–H groups in total. The molecule has 0 aliphatic heterocycles. The number of nitrogens with zero attached hydrogens (tertiary/aromatic N) is 4. The van der Waals surface area contributed by atoms with E-state index in [2.05, 4.69) is 91.0 Å². The van der Waals surface area contributed by atoms with Gasteiger partial charge in [0.1, 0.15) is 11.2 Å². The van der Waals surface area contributed by atoms with Crippen LogP contribution in [0.1, 0.15) is 0 Å². The predicted molar refractivity (Wildman–Crippen MR) is 207 cm³/mol. The van der Waals surface area contributed by atoms with Crippen LogP contribution < -0.4 is 0 Å². The quantitative estimate of drug-likeness (QED) is 0.173. The maximum Gasteiger partial charge on any atom is 0.164 e. The van der Waals surface area contributed by atoms with Crippen LogP contribution in [0.15, 0.2) is 174 Å². The van der Waals surface area contributed by atoms with Crippen LogP contribution >= 0.6 is 0 Å². The normalized spacial score (nSPS) is 11.5. The highest BCUT2D eigenvalue weighted by Gasteiger charge is 2.19. The molecule has 3 heterocycles. The first-order valence-corrected chi connectivity index (χ1v) is 17.0. The van der Waals surface area contributed by atoms with Gasteiger partial charge in [0.25, 0.3) is 0 Å². The van der Waals surface area contributed by atoms with E-state index in [4.69, 9.17) is 24.4 Å². The molecule has 0 radical (unpaired) electrons. The summed E-state index contributed by atoms with van der Waals surface area (Å²) in [5.41, 5.74) is 9.30. The van der Waals surface area contributed by atoms with Gasteiger partial charge in [0.15, 0.2) is 17.5 Å². The van der Waals surface area contributed by atoms with Crippen LogP contribution in [0.4, 0.5) is 0 Å². The third-order valence-corrected chi connectivity index (χ3v) is 9.49. The molecule has 7 aromatic carbocycles. The van der Waals surface area contributed by atoms with E-state index in [-0.39, 0.29) is 0 Å². The Kier molecular flexibility index (Phi) is 6.74. The van der Waals surface area contributed by atoms with Crippen LogP contribution in [0.25, 0.3) is 100 Å². The van der Waals surface area contributed by atoms with Crippen molar-refractivity contribution in [1.29, 1.82) is 0 Å². The molecule has 5 nitrogen and oxygen atoms in total. The van der Waals surface area contributed by atoms with Gasteiger partial charge in [0, 0.05) is 49.4 Å². The van der Waals surface area contributed by atoms with Gasteiger partial charge in [-0.2, -0.15) is 0 Å². The molecule has 0 amide bonds. The molecule has 0 atom stereocenters. The summed E-state index contributed by atoms with van der Waals surface area (Å²) >= 11 is 0. The molecule has 51 heavy (non-hydrogen) atoms. The van der Waals surface area contributed by atoms with Crippen molar-refractivity contribution in [3.63, 3.8) is 0 Å². The number of hydrogen-bond acceptors (Lipinski definition) is 5. The van der Waals surface area contributed by atoms with Gasteiger partial charge in [-0.1, -0.05) is 140 Å². The van der Waals surface area contributed by atoms with Gasteiger partial charge in [-0.15, -0.1) is 0 Å². The Morgan fingerprint density at radius 2 is 0.882 bits per heavy atom. The summed E-state index contributed by atoms with van der Waals surface area (Å²) in [7, 11) is 0. The Hall–Kier alpha value is -6.98. The van der Waals surface area contributed by atoms with Gasteiger partial charge in [-0.25, -0.2) is 19.9 Å². The van der Waals surface area contributed by atoms with E-state index in [0.717, 1.165) is 77.3 Å². The van der Waals surface area contributed by atoms with E-state index in [1.165, 1.54) is 5.39 Å². The lowest BCUT2D eigenvalue weighted by Gasteiger charge is -2.13. The number of rotatable bonds is 5. The Morgan fingerprint density at radius 1 is 0.333 bits per heavy atom. The standard InChI is InChI=1S/C46H28N4O/c1-3-14-29(15-4-1)44-48-45(30-16-5-2-6-17-30)50-46(49-44)32-19-13-18-31(26-32)38-27-33(28-39-36-22-10-12-25-41(36)51-43(38)39)42-37-23-8-7-20-34(37)35-21-9-11-24-40(35)47-42/h1-28H. The maximum absolute atomic E-state index is 6.62. The lowest BCUT2D eigenvalue weighted by Crippen LogP contribution is -2.00. The molecule has 0 aliphatic carbocycles. The van der Waals surface area contributed by atoms with Crippen molar-refractivity contribution in [2.24, 2.45) is 0 Å². The number of benzene rings is 7. The van der Waals surface area contributed by atoms with E-state index in [1.807, 2.05) is 78.9 Å². The number of furan rings is 1. The molecule has 0 aliphatic rings. The number of aromatic nitrogens is 4. The zero-order valence-corrected chi connectivity index (χ0v) is 27.4. The first kappa shape index (κ1) is 29.0. The molecule has 0 spiro atoms. The molecule has 5 heteroatoms. The fourth-order valence-electron chi connectivity index (χ4n) is 7.07. The summed E-state index contributed by atoms with van der Waals surface area (Å²) in [6.07, 6.45) is 0. The average Bonchev–Trinajstić information content (AvgIpc) is 3.59. The van der Waals surface area contributed by atoms with Crippen molar-refractivity contribution in [3.8, 4) is 56.5 Å². The van der Waals surface area contributed by atoms with Crippen molar-refractivity contribution < 1.29 is 4.42 Å². The van der Waals surface area contributed by atoms with Crippen LogP contribution in [0.3, 0.4) is 0 Å². The van der Waals surface area contributed by atoms with Crippen LogP contribution in [-0.2, 0) is 0 Å². The van der Waals surface area contributed by atoms with E-state index in [1.54, 1.807) is 0 Å². The van der Waals surface area contributed by atoms with Gasteiger partial charge in [0.05, 0.1) is 11.2 Å². The Labute approximate surface area is 293 Å². The second-order valence-corrected chi connectivity index (χ2v) is 12.6. The second-order valence-electron chi connectivity index (χ2n) is 12.6. The van der Waals surface area contributed by atoms with Crippen LogP contribution in [0.5, 0.6) is 0 Å². The molecule has 238 valence electrons. The summed E-state index contributed by atoms with van der Waals surface area (Å²) in [6.45, 7) is 0. The highest BCUT2D eigenvalue weighted by Crippen LogP contribution is 2.42. The van der Waals surface area contributed by atoms with E-state index >= 15 is 0 Å². The third kappa shape index (κ3) is 5.03. The molecule has 3 aromatic heterocycles. The molecule has 0 saturated heterocycles.